The minimum atomic E-state index is 1.16. The summed E-state index contributed by atoms with van der Waals surface area (Å²) in [5.41, 5.74) is 8.89. The summed E-state index contributed by atoms with van der Waals surface area (Å²) in [6.45, 7) is 2.29. The van der Waals surface area contributed by atoms with Crippen LogP contribution in [0.25, 0.3) is 0 Å². The van der Waals surface area contributed by atoms with E-state index < -0.39 is 0 Å². The van der Waals surface area contributed by atoms with E-state index in [9.17, 15) is 0 Å². The number of allylic oxidation sites excluding steroid dienone is 2. The zero-order chi connectivity index (χ0) is 13.8. The molecule has 0 radical (unpaired) electrons. The maximum absolute atomic E-state index is 6.08. The largest absolute Gasteiger partial charge is 0.402 e. The van der Waals surface area contributed by atoms with Gasteiger partial charge in [0.05, 0.1) is 0 Å². The van der Waals surface area contributed by atoms with E-state index in [0.717, 1.165) is 6.42 Å². The van der Waals surface area contributed by atoms with Crippen molar-refractivity contribution in [2.24, 2.45) is 5.73 Å². The van der Waals surface area contributed by atoms with Crippen molar-refractivity contribution in [3.63, 3.8) is 0 Å². The second kappa shape index (κ2) is 11.4. The van der Waals surface area contributed by atoms with Crippen molar-refractivity contribution < 1.29 is 0 Å². The Kier molecular flexibility index (Phi) is 9.93. The van der Waals surface area contributed by atoms with Crippen LogP contribution in [0, 0.1) is 0 Å². The molecular weight excluding hydrogens is 230 g/mol. The lowest BCUT2D eigenvalue weighted by molar-refractivity contribution is 0.549. The van der Waals surface area contributed by atoms with E-state index in [0.29, 0.717) is 0 Å². The molecule has 0 saturated heterocycles. The molecule has 112 valence electrons. The lowest BCUT2D eigenvalue weighted by Gasteiger charge is -2.17. The molecule has 0 aromatic rings. The molecule has 0 spiro atoms. The Bertz CT molecular complexity index is 242. The Balaban J connectivity index is 1.86. The Morgan fingerprint density at radius 1 is 0.737 bits per heavy atom. The van der Waals surface area contributed by atoms with Crippen molar-refractivity contribution in [2.75, 3.05) is 0 Å². The minimum absolute atomic E-state index is 1.16. The highest BCUT2D eigenvalue weighted by atomic mass is 14.6. The summed E-state index contributed by atoms with van der Waals surface area (Å²) in [4.78, 5) is 0. The first-order valence-corrected chi connectivity index (χ1v) is 8.81. The van der Waals surface area contributed by atoms with Gasteiger partial charge in [0.15, 0.2) is 0 Å². The van der Waals surface area contributed by atoms with E-state index in [4.69, 9.17) is 5.73 Å². The van der Waals surface area contributed by atoms with Crippen molar-refractivity contribution in [1.82, 2.24) is 0 Å². The minimum Gasteiger partial charge on any atom is -0.402 e. The molecule has 1 nitrogen and oxygen atoms in total. The van der Waals surface area contributed by atoms with Gasteiger partial charge in [0, 0.05) is 5.70 Å². The number of hydrogen-bond donors (Lipinski definition) is 1. The molecule has 0 unspecified atom stereocenters. The van der Waals surface area contributed by atoms with Crippen LogP contribution in [0.15, 0.2) is 11.3 Å². The maximum Gasteiger partial charge on any atom is 0.00723 e. The molecule has 0 atom stereocenters. The summed E-state index contributed by atoms with van der Waals surface area (Å²) in [6.07, 6.45) is 20.7. The second-order valence-corrected chi connectivity index (χ2v) is 6.27. The molecule has 1 rings (SSSR count). The van der Waals surface area contributed by atoms with Gasteiger partial charge in [-0.1, -0.05) is 70.3 Å². The van der Waals surface area contributed by atoms with Gasteiger partial charge in [-0.25, -0.2) is 0 Å². The van der Waals surface area contributed by atoms with Crippen molar-refractivity contribution >= 4 is 0 Å². The average Bonchev–Trinajstić information content (AvgIpc) is 2.43. The Morgan fingerprint density at radius 2 is 1.26 bits per heavy atom. The molecule has 1 heteroatoms. The third kappa shape index (κ3) is 8.34. The van der Waals surface area contributed by atoms with Gasteiger partial charge in [-0.05, 0) is 38.5 Å². The van der Waals surface area contributed by atoms with Crippen LogP contribution in [0.4, 0.5) is 0 Å². The summed E-state index contributed by atoms with van der Waals surface area (Å²) >= 11 is 0. The number of rotatable bonds is 11. The highest BCUT2D eigenvalue weighted by molar-refractivity contribution is 5.13. The average molecular weight is 265 g/mol. The van der Waals surface area contributed by atoms with Crippen LogP contribution < -0.4 is 5.73 Å². The summed E-state index contributed by atoms with van der Waals surface area (Å²) in [6, 6.07) is 0. The third-order valence-corrected chi connectivity index (χ3v) is 4.46. The molecule has 1 aliphatic rings. The Hall–Kier alpha value is -0.460. The highest BCUT2D eigenvalue weighted by Crippen LogP contribution is 2.25. The SMILES string of the molecule is CCCCCCCCCCCCC1=C(N)CCCC1. The molecule has 2 N–H and O–H groups in total. The lowest BCUT2D eigenvalue weighted by Crippen LogP contribution is -2.07. The molecule has 0 heterocycles. The van der Waals surface area contributed by atoms with Gasteiger partial charge >= 0.3 is 0 Å². The normalized spacial score (nSPS) is 16.1. The van der Waals surface area contributed by atoms with Crippen LogP contribution in [-0.4, -0.2) is 0 Å². The van der Waals surface area contributed by atoms with Gasteiger partial charge in [0.2, 0.25) is 0 Å². The van der Waals surface area contributed by atoms with Gasteiger partial charge < -0.3 is 5.73 Å². The summed E-state index contributed by atoms with van der Waals surface area (Å²) in [7, 11) is 0. The summed E-state index contributed by atoms with van der Waals surface area (Å²) < 4.78 is 0. The van der Waals surface area contributed by atoms with E-state index in [1.165, 1.54) is 95.6 Å². The molecule has 1 aliphatic carbocycles. The van der Waals surface area contributed by atoms with Gasteiger partial charge in [-0.15, -0.1) is 0 Å². The lowest BCUT2D eigenvalue weighted by atomic mass is 9.92. The highest BCUT2D eigenvalue weighted by Gasteiger charge is 2.09. The van der Waals surface area contributed by atoms with Crippen LogP contribution in [-0.2, 0) is 0 Å². The van der Waals surface area contributed by atoms with Crippen LogP contribution >= 0.6 is 0 Å². The van der Waals surface area contributed by atoms with Gasteiger partial charge in [-0.2, -0.15) is 0 Å². The van der Waals surface area contributed by atoms with E-state index in [-0.39, 0.29) is 0 Å². The molecule has 19 heavy (non-hydrogen) atoms. The topological polar surface area (TPSA) is 26.0 Å². The Labute approximate surface area is 121 Å². The number of nitrogens with two attached hydrogens (primary N) is 1. The van der Waals surface area contributed by atoms with Crippen LogP contribution in [0.1, 0.15) is 103 Å². The number of unbranched alkanes of at least 4 members (excludes halogenated alkanes) is 9. The fraction of sp³-hybridized carbons (Fsp3) is 0.889. The second-order valence-electron chi connectivity index (χ2n) is 6.27. The summed E-state index contributed by atoms with van der Waals surface area (Å²) in [5, 5.41) is 0. The molecule has 0 saturated carbocycles. The fourth-order valence-corrected chi connectivity index (χ4v) is 3.10. The third-order valence-electron chi connectivity index (χ3n) is 4.46. The first-order valence-electron chi connectivity index (χ1n) is 8.81. The fourth-order valence-electron chi connectivity index (χ4n) is 3.10. The molecule has 0 fully saturated rings. The Morgan fingerprint density at radius 3 is 1.84 bits per heavy atom. The van der Waals surface area contributed by atoms with E-state index >= 15 is 0 Å². The monoisotopic (exact) mass is 265 g/mol. The van der Waals surface area contributed by atoms with E-state index in [1.807, 2.05) is 0 Å². The van der Waals surface area contributed by atoms with E-state index in [2.05, 4.69) is 6.92 Å². The van der Waals surface area contributed by atoms with Crippen LogP contribution in [0.3, 0.4) is 0 Å². The predicted octanol–water partition coefficient (Wildman–Crippen LogP) is 6.08. The van der Waals surface area contributed by atoms with Gasteiger partial charge in [-0.3, -0.25) is 0 Å². The van der Waals surface area contributed by atoms with Gasteiger partial charge in [0.1, 0.15) is 0 Å². The quantitative estimate of drug-likeness (QED) is 0.450. The molecule has 0 aromatic carbocycles. The van der Waals surface area contributed by atoms with Crippen molar-refractivity contribution in [2.45, 2.75) is 103 Å². The number of hydrogen-bond acceptors (Lipinski definition) is 1. The molecule has 0 amide bonds. The smallest absolute Gasteiger partial charge is 0.00723 e. The maximum atomic E-state index is 6.08. The first kappa shape index (κ1) is 16.6. The standard InChI is InChI=1S/C18H35N/c1-2-3-4-5-6-7-8-9-10-11-14-17-15-12-13-16-18(17)19/h2-16,19H2,1H3. The zero-order valence-electron chi connectivity index (χ0n) is 13.2. The van der Waals surface area contributed by atoms with Crippen molar-refractivity contribution in [3.05, 3.63) is 11.3 Å². The first-order chi connectivity index (χ1) is 9.34. The van der Waals surface area contributed by atoms with Crippen LogP contribution in [0.2, 0.25) is 0 Å². The molecule has 0 aromatic heterocycles. The summed E-state index contributed by atoms with van der Waals surface area (Å²) in [5.74, 6) is 0. The van der Waals surface area contributed by atoms with Crippen molar-refractivity contribution in [3.8, 4) is 0 Å². The molecular formula is C18H35N. The zero-order valence-corrected chi connectivity index (χ0v) is 13.2. The molecule has 0 aliphatic heterocycles. The predicted molar refractivity (Wildman–Crippen MR) is 86.1 cm³/mol. The molecule has 0 bridgehead atoms. The van der Waals surface area contributed by atoms with E-state index in [1.54, 1.807) is 5.57 Å². The van der Waals surface area contributed by atoms with Crippen molar-refractivity contribution in [1.29, 1.82) is 0 Å². The van der Waals surface area contributed by atoms with Crippen LogP contribution in [0.5, 0.6) is 0 Å². The van der Waals surface area contributed by atoms with Gasteiger partial charge in [0.25, 0.3) is 0 Å².